The van der Waals surface area contributed by atoms with Crippen LogP contribution in [0.2, 0.25) is 0 Å². The lowest BCUT2D eigenvalue weighted by Crippen LogP contribution is -2.18. The van der Waals surface area contributed by atoms with E-state index in [4.69, 9.17) is 0 Å². The minimum atomic E-state index is 1.01. The summed E-state index contributed by atoms with van der Waals surface area (Å²) in [6.45, 7) is 2.16. The van der Waals surface area contributed by atoms with Gasteiger partial charge in [-0.3, -0.25) is 0 Å². The molecule has 0 radical (unpaired) electrons. The summed E-state index contributed by atoms with van der Waals surface area (Å²) in [5.41, 5.74) is 7.90. The first-order chi connectivity index (χ1) is 10.3. The summed E-state index contributed by atoms with van der Waals surface area (Å²) in [5, 5.41) is 0. The molecule has 0 N–H and O–H groups in total. The van der Waals surface area contributed by atoms with Crippen LogP contribution in [-0.4, -0.2) is 0 Å². The maximum absolute atomic E-state index is 2.38. The van der Waals surface area contributed by atoms with Crippen LogP contribution in [0.15, 0.2) is 72.8 Å². The zero-order valence-corrected chi connectivity index (χ0v) is 12.1. The third kappa shape index (κ3) is 2.02. The van der Waals surface area contributed by atoms with Gasteiger partial charge in [-0.1, -0.05) is 48.5 Å². The van der Waals surface area contributed by atoms with Gasteiger partial charge in [0.15, 0.2) is 0 Å². The first kappa shape index (κ1) is 12.2. The molecule has 1 aliphatic rings. The van der Waals surface area contributed by atoms with E-state index >= 15 is 0 Å². The molecule has 1 heterocycles. The van der Waals surface area contributed by atoms with Gasteiger partial charge in [-0.15, -0.1) is 0 Å². The van der Waals surface area contributed by atoms with Crippen molar-refractivity contribution < 1.29 is 0 Å². The molecule has 0 saturated heterocycles. The molecule has 0 spiro atoms. The molecule has 0 atom stereocenters. The lowest BCUT2D eigenvalue weighted by atomic mass is 9.94. The fraction of sp³-hybridized carbons (Fsp3) is 0.100. The van der Waals surface area contributed by atoms with E-state index in [0.717, 1.165) is 6.42 Å². The first-order valence-electron chi connectivity index (χ1n) is 7.35. The number of fused-ring (bicyclic) bond motifs is 2. The maximum Gasteiger partial charge on any atom is 0.0499 e. The molecule has 0 fully saturated rings. The van der Waals surface area contributed by atoms with Crippen LogP contribution in [0.1, 0.15) is 16.7 Å². The van der Waals surface area contributed by atoms with Crippen molar-refractivity contribution in [1.82, 2.24) is 0 Å². The SMILES string of the molecule is Cc1ccc2c(c1)N(c1ccccc1)c1ccccc1C2. The Morgan fingerprint density at radius 3 is 2.29 bits per heavy atom. The lowest BCUT2D eigenvalue weighted by Gasteiger charge is -2.33. The highest BCUT2D eigenvalue weighted by molar-refractivity contribution is 5.83. The van der Waals surface area contributed by atoms with Crippen molar-refractivity contribution in [2.45, 2.75) is 13.3 Å². The Kier molecular flexibility index (Phi) is 2.78. The molecule has 1 heteroatoms. The zero-order valence-electron chi connectivity index (χ0n) is 12.1. The Bertz CT molecular complexity index is 790. The van der Waals surface area contributed by atoms with Crippen molar-refractivity contribution in [3.8, 4) is 0 Å². The molecular weight excluding hydrogens is 254 g/mol. The monoisotopic (exact) mass is 271 g/mol. The Hall–Kier alpha value is -2.54. The Morgan fingerprint density at radius 2 is 1.43 bits per heavy atom. The van der Waals surface area contributed by atoms with Crippen molar-refractivity contribution >= 4 is 17.1 Å². The third-order valence-electron chi connectivity index (χ3n) is 4.11. The topological polar surface area (TPSA) is 3.24 Å². The van der Waals surface area contributed by atoms with E-state index < -0.39 is 0 Å². The molecular formula is C20H17N. The van der Waals surface area contributed by atoms with Crippen LogP contribution in [0.5, 0.6) is 0 Å². The van der Waals surface area contributed by atoms with E-state index in [9.17, 15) is 0 Å². The molecule has 1 aliphatic heterocycles. The number of rotatable bonds is 1. The molecule has 0 aromatic heterocycles. The fourth-order valence-electron chi connectivity index (χ4n) is 3.10. The second kappa shape index (κ2) is 4.78. The predicted molar refractivity (Wildman–Crippen MR) is 88.7 cm³/mol. The van der Waals surface area contributed by atoms with Crippen LogP contribution < -0.4 is 4.90 Å². The van der Waals surface area contributed by atoms with Crippen molar-refractivity contribution in [3.05, 3.63) is 89.5 Å². The average molecular weight is 271 g/mol. The minimum absolute atomic E-state index is 1.01. The highest BCUT2D eigenvalue weighted by atomic mass is 15.2. The predicted octanol–water partition coefficient (Wildman–Crippen LogP) is 5.37. The molecule has 0 amide bonds. The van der Waals surface area contributed by atoms with Gasteiger partial charge in [-0.2, -0.15) is 0 Å². The quantitative estimate of drug-likeness (QED) is 0.450. The molecule has 0 saturated carbocycles. The van der Waals surface area contributed by atoms with Gasteiger partial charge in [0.1, 0.15) is 0 Å². The summed E-state index contributed by atoms with van der Waals surface area (Å²) < 4.78 is 0. The number of nitrogens with zero attached hydrogens (tertiary/aromatic N) is 1. The van der Waals surface area contributed by atoms with Crippen molar-refractivity contribution in [2.75, 3.05) is 4.90 Å². The highest BCUT2D eigenvalue weighted by Gasteiger charge is 2.23. The molecule has 0 bridgehead atoms. The Morgan fingerprint density at radius 1 is 0.714 bits per heavy atom. The van der Waals surface area contributed by atoms with Gasteiger partial charge < -0.3 is 4.90 Å². The van der Waals surface area contributed by atoms with Gasteiger partial charge in [0.05, 0.1) is 0 Å². The maximum atomic E-state index is 2.38. The van der Waals surface area contributed by atoms with Crippen LogP contribution in [0, 0.1) is 6.92 Å². The largest absolute Gasteiger partial charge is 0.310 e. The number of hydrogen-bond acceptors (Lipinski definition) is 1. The second-order valence-corrected chi connectivity index (χ2v) is 5.61. The molecule has 1 nitrogen and oxygen atoms in total. The summed E-state index contributed by atoms with van der Waals surface area (Å²) >= 11 is 0. The van der Waals surface area contributed by atoms with E-state index in [1.807, 2.05) is 0 Å². The van der Waals surface area contributed by atoms with E-state index in [0.29, 0.717) is 0 Å². The number of aryl methyl sites for hydroxylation is 1. The van der Waals surface area contributed by atoms with Gasteiger partial charge >= 0.3 is 0 Å². The lowest BCUT2D eigenvalue weighted by molar-refractivity contribution is 1.08. The molecule has 3 aromatic rings. The summed E-state index contributed by atoms with van der Waals surface area (Å²) in [5.74, 6) is 0. The average Bonchev–Trinajstić information content (AvgIpc) is 2.53. The van der Waals surface area contributed by atoms with Crippen LogP contribution in [0.25, 0.3) is 0 Å². The van der Waals surface area contributed by atoms with Crippen molar-refractivity contribution in [3.63, 3.8) is 0 Å². The zero-order chi connectivity index (χ0) is 14.2. The minimum Gasteiger partial charge on any atom is -0.310 e. The van der Waals surface area contributed by atoms with E-state index in [-0.39, 0.29) is 0 Å². The first-order valence-corrected chi connectivity index (χ1v) is 7.35. The van der Waals surface area contributed by atoms with Crippen LogP contribution in [0.3, 0.4) is 0 Å². The number of anilines is 3. The van der Waals surface area contributed by atoms with Gasteiger partial charge in [-0.25, -0.2) is 0 Å². The normalized spacial score (nSPS) is 12.7. The molecule has 0 unspecified atom stereocenters. The molecule has 3 aromatic carbocycles. The number of benzene rings is 3. The molecule has 0 aliphatic carbocycles. The van der Waals surface area contributed by atoms with E-state index in [1.165, 1.54) is 33.8 Å². The smallest absolute Gasteiger partial charge is 0.0499 e. The van der Waals surface area contributed by atoms with Crippen LogP contribution in [0.4, 0.5) is 17.1 Å². The summed E-state index contributed by atoms with van der Waals surface area (Å²) in [6, 6.07) is 26.1. The summed E-state index contributed by atoms with van der Waals surface area (Å²) in [6.07, 6.45) is 1.01. The molecule has 4 rings (SSSR count). The van der Waals surface area contributed by atoms with Crippen molar-refractivity contribution in [2.24, 2.45) is 0 Å². The van der Waals surface area contributed by atoms with Gasteiger partial charge in [-0.05, 0) is 47.9 Å². The summed E-state index contributed by atoms with van der Waals surface area (Å²) in [7, 11) is 0. The van der Waals surface area contributed by atoms with Crippen LogP contribution >= 0.6 is 0 Å². The second-order valence-electron chi connectivity index (χ2n) is 5.61. The van der Waals surface area contributed by atoms with E-state index in [2.05, 4.69) is 84.6 Å². The summed E-state index contributed by atoms with van der Waals surface area (Å²) in [4.78, 5) is 2.38. The van der Waals surface area contributed by atoms with E-state index in [1.54, 1.807) is 0 Å². The Balaban J connectivity index is 1.98. The number of hydrogen-bond donors (Lipinski definition) is 0. The standard InChI is InChI=1S/C20H17N/c1-15-11-12-17-14-16-7-5-6-10-19(16)21(20(17)13-15)18-8-3-2-4-9-18/h2-13H,14H2,1H3. The molecule has 21 heavy (non-hydrogen) atoms. The van der Waals surface area contributed by atoms with Gasteiger partial charge in [0, 0.05) is 23.5 Å². The number of para-hydroxylation sites is 2. The van der Waals surface area contributed by atoms with Gasteiger partial charge in [0.25, 0.3) is 0 Å². The highest BCUT2D eigenvalue weighted by Crippen LogP contribution is 2.43. The Labute approximate surface area is 125 Å². The molecule has 102 valence electrons. The third-order valence-corrected chi connectivity index (χ3v) is 4.11. The van der Waals surface area contributed by atoms with Crippen LogP contribution in [-0.2, 0) is 6.42 Å². The van der Waals surface area contributed by atoms with Crippen molar-refractivity contribution in [1.29, 1.82) is 0 Å². The van der Waals surface area contributed by atoms with Gasteiger partial charge in [0.2, 0.25) is 0 Å². The fourth-order valence-corrected chi connectivity index (χ4v) is 3.10.